The van der Waals surface area contributed by atoms with E-state index >= 15 is 0 Å². The second kappa shape index (κ2) is 5.02. The largest absolute Gasteiger partial charge is 0.380 e. The van der Waals surface area contributed by atoms with Crippen molar-refractivity contribution in [3.8, 4) is 0 Å². The van der Waals surface area contributed by atoms with E-state index in [-0.39, 0.29) is 18.0 Å². The van der Waals surface area contributed by atoms with Crippen LogP contribution in [0.5, 0.6) is 0 Å². The predicted octanol–water partition coefficient (Wildman–Crippen LogP) is 2.07. The molecule has 1 aliphatic heterocycles. The van der Waals surface area contributed by atoms with Gasteiger partial charge >= 0.3 is 0 Å². The lowest BCUT2D eigenvalue weighted by Crippen LogP contribution is -2.24. The van der Waals surface area contributed by atoms with Gasteiger partial charge in [-0.15, -0.1) is 0 Å². The molecule has 0 amide bonds. The number of nitrogens with zero attached hydrogens (tertiary/aromatic N) is 1. The molecule has 0 saturated carbocycles. The number of nitrogens with two attached hydrogens (primary N) is 1. The molecule has 0 radical (unpaired) electrons. The molecule has 4 heteroatoms. The summed E-state index contributed by atoms with van der Waals surface area (Å²) < 4.78 is 18.6. The van der Waals surface area contributed by atoms with E-state index in [0.717, 1.165) is 30.8 Å². The van der Waals surface area contributed by atoms with Crippen LogP contribution in [0.2, 0.25) is 0 Å². The fraction of sp³-hybridized carbons (Fsp3) is 0.538. The highest BCUT2D eigenvalue weighted by Gasteiger charge is 2.24. The van der Waals surface area contributed by atoms with Crippen molar-refractivity contribution in [3.05, 3.63) is 29.6 Å². The van der Waals surface area contributed by atoms with Crippen molar-refractivity contribution < 1.29 is 9.13 Å². The van der Waals surface area contributed by atoms with Crippen LogP contribution in [-0.2, 0) is 4.74 Å². The number of hydrogen-bond donors (Lipinski definition) is 1. The summed E-state index contributed by atoms with van der Waals surface area (Å²) in [4.78, 5) is 2.21. The third kappa shape index (κ3) is 2.58. The van der Waals surface area contributed by atoms with Crippen molar-refractivity contribution in [2.24, 2.45) is 5.73 Å². The molecule has 3 nitrogen and oxygen atoms in total. The zero-order chi connectivity index (χ0) is 12.4. The molecule has 94 valence electrons. The van der Waals surface area contributed by atoms with Crippen molar-refractivity contribution >= 4 is 5.69 Å². The fourth-order valence-corrected chi connectivity index (χ4v) is 2.32. The van der Waals surface area contributed by atoms with Gasteiger partial charge in [0.1, 0.15) is 5.82 Å². The SMILES string of the molecule is COC1CCN(c2ccc(F)cc2C(C)N)C1. The van der Waals surface area contributed by atoms with Gasteiger partial charge in [-0.2, -0.15) is 0 Å². The van der Waals surface area contributed by atoms with E-state index < -0.39 is 0 Å². The summed E-state index contributed by atoms with van der Waals surface area (Å²) in [7, 11) is 1.73. The molecule has 1 aromatic rings. The van der Waals surface area contributed by atoms with E-state index in [2.05, 4.69) is 4.90 Å². The van der Waals surface area contributed by atoms with Crippen LogP contribution in [0.15, 0.2) is 18.2 Å². The Morgan fingerprint density at radius 1 is 1.53 bits per heavy atom. The zero-order valence-electron chi connectivity index (χ0n) is 10.3. The summed E-state index contributed by atoms with van der Waals surface area (Å²) in [6, 6.07) is 4.66. The van der Waals surface area contributed by atoms with E-state index in [1.807, 2.05) is 13.0 Å². The maximum absolute atomic E-state index is 13.2. The fourth-order valence-electron chi connectivity index (χ4n) is 2.32. The minimum atomic E-state index is -0.233. The van der Waals surface area contributed by atoms with Crippen LogP contribution < -0.4 is 10.6 Å². The number of halogens is 1. The third-order valence-electron chi connectivity index (χ3n) is 3.30. The summed E-state index contributed by atoms with van der Waals surface area (Å²) in [6.07, 6.45) is 1.27. The molecule has 2 rings (SSSR count). The Labute approximate surface area is 101 Å². The first-order chi connectivity index (χ1) is 8.11. The van der Waals surface area contributed by atoms with Gasteiger partial charge in [-0.1, -0.05) is 0 Å². The zero-order valence-corrected chi connectivity index (χ0v) is 10.3. The standard InChI is InChI=1S/C13H19FN2O/c1-9(15)12-7-10(14)3-4-13(12)16-6-5-11(8-16)17-2/h3-4,7,9,11H,5-6,8,15H2,1-2H3. The Morgan fingerprint density at radius 3 is 2.88 bits per heavy atom. The van der Waals surface area contributed by atoms with Crippen molar-refractivity contribution in [2.75, 3.05) is 25.1 Å². The monoisotopic (exact) mass is 238 g/mol. The van der Waals surface area contributed by atoms with E-state index in [0.29, 0.717) is 0 Å². The summed E-state index contributed by atoms with van der Waals surface area (Å²) in [5.41, 5.74) is 7.78. The van der Waals surface area contributed by atoms with Crippen LogP contribution in [0, 0.1) is 5.82 Å². The molecule has 2 unspecified atom stereocenters. The van der Waals surface area contributed by atoms with Crippen LogP contribution in [-0.4, -0.2) is 26.3 Å². The van der Waals surface area contributed by atoms with Crippen LogP contribution in [0.25, 0.3) is 0 Å². The number of hydrogen-bond acceptors (Lipinski definition) is 3. The Balaban J connectivity index is 2.26. The van der Waals surface area contributed by atoms with Gasteiger partial charge in [0.2, 0.25) is 0 Å². The van der Waals surface area contributed by atoms with E-state index in [4.69, 9.17) is 10.5 Å². The van der Waals surface area contributed by atoms with Crippen molar-refractivity contribution in [1.82, 2.24) is 0 Å². The Hall–Kier alpha value is -1.13. The average Bonchev–Trinajstić information content (AvgIpc) is 2.77. The van der Waals surface area contributed by atoms with Crippen molar-refractivity contribution in [1.29, 1.82) is 0 Å². The molecule has 2 N–H and O–H groups in total. The van der Waals surface area contributed by atoms with Crippen molar-refractivity contribution in [3.63, 3.8) is 0 Å². The summed E-state index contributed by atoms with van der Waals surface area (Å²) >= 11 is 0. The smallest absolute Gasteiger partial charge is 0.123 e. The van der Waals surface area contributed by atoms with E-state index in [1.165, 1.54) is 12.1 Å². The van der Waals surface area contributed by atoms with E-state index in [9.17, 15) is 4.39 Å². The summed E-state index contributed by atoms with van der Waals surface area (Å²) in [6.45, 7) is 3.66. The van der Waals surface area contributed by atoms with Gasteiger partial charge in [0.15, 0.2) is 0 Å². The van der Waals surface area contributed by atoms with Gasteiger partial charge < -0.3 is 15.4 Å². The first kappa shape index (κ1) is 12.3. The average molecular weight is 238 g/mol. The molecule has 2 atom stereocenters. The number of benzene rings is 1. The highest BCUT2D eigenvalue weighted by Crippen LogP contribution is 2.29. The molecule has 0 bridgehead atoms. The number of anilines is 1. The van der Waals surface area contributed by atoms with Gasteiger partial charge in [0.05, 0.1) is 6.10 Å². The van der Waals surface area contributed by atoms with Gasteiger partial charge in [-0.3, -0.25) is 0 Å². The molecular weight excluding hydrogens is 219 g/mol. The lowest BCUT2D eigenvalue weighted by molar-refractivity contribution is 0.121. The normalized spacial score (nSPS) is 21.9. The number of methoxy groups -OCH3 is 1. The quantitative estimate of drug-likeness (QED) is 0.876. The molecule has 0 spiro atoms. The lowest BCUT2D eigenvalue weighted by atomic mass is 10.1. The first-order valence-corrected chi connectivity index (χ1v) is 5.94. The Kier molecular flexibility index (Phi) is 3.64. The third-order valence-corrected chi connectivity index (χ3v) is 3.30. The predicted molar refractivity (Wildman–Crippen MR) is 66.6 cm³/mol. The minimum Gasteiger partial charge on any atom is -0.380 e. The highest BCUT2D eigenvalue weighted by atomic mass is 19.1. The number of ether oxygens (including phenoxy) is 1. The van der Waals surface area contributed by atoms with Crippen LogP contribution in [0.1, 0.15) is 24.9 Å². The van der Waals surface area contributed by atoms with Crippen LogP contribution in [0.4, 0.5) is 10.1 Å². The first-order valence-electron chi connectivity index (χ1n) is 5.94. The molecule has 1 heterocycles. The van der Waals surface area contributed by atoms with Crippen LogP contribution >= 0.6 is 0 Å². The van der Waals surface area contributed by atoms with Crippen LogP contribution in [0.3, 0.4) is 0 Å². The summed E-state index contributed by atoms with van der Waals surface area (Å²) in [5, 5.41) is 0. The highest BCUT2D eigenvalue weighted by molar-refractivity contribution is 5.56. The molecule has 1 aromatic carbocycles. The topological polar surface area (TPSA) is 38.5 Å². The Bertz CT molecular complexity index is 395. The molecule has 17 heavy (non-hydrogen) atoms. The number of rotatable bonds is 3. The molecule has 1 fully saturated rings. The van der Waals surface area contributed by atoms with Gasteiger partial charge in [0, 0.05) is 31.9 Å². The second-order valence-corrected chi connectivity index (χ2v) is 4.58. The van der Waals surface area contributed by atoms with Gasteiger partial charge in [0.25, 0.3) is 0 Å². The lowest BCUT2D eigenvalue weighted by Gasteiger charge is -2.23. The minimum absolute atomic E-state index is 0.165. The molecule has 0 aliphatic carbocycles. The molecule has 1 saturated heterocycles. The maximum Gasteiger partial charge on any atom is 0.123 e. The molecule has 0 aromatic heterocycles. The Morgan fingerprint density at radius 2 is 2.29 bits per heavy atom. The molecule has 1 aliphatic rings. The molecular formula is C13H19FN2O. The van der Waals surface area contributed by atoms with Crippen molar-refractivity contribution in [2.45, 2.75) is 25.5 Å². The van der Waals surface area contributed by atoms with Gasteiger partial charge in [-0.25, -0.2) is 4.39 Å². The second-order valence-electron chi connectivity index (χ2n) is 4.58. The summed E-state index contributed by atoms with van der Waals surface area (Å²) in [5.74, 6) is -0.233. The van der Waals surface area contributed by atoms with E-state index in [1.54, 1.807) is 7.11 Å². The maximum atomic E-state index is 13.2. The van der Waals surface area contributed by atoms with Gasteiger partial charge in [-0.05, 0) is 37.1 Å².